The fourth-order valence-corrected chi connectivity index (χ4v) is 3.51. The van der Waals surface area contributed by atoms with Crippen molar-refractivity contribution >= 4 is 11.7 Å². The quantitative estimate of drug-likeness (QED) is 0.923. The molecule has 0 radical (unpaired) electrons. The summed E-state index contributed by atoms with van der Waals surface area (Å²) in [5, 5.41) is 9.18. The van der Waals surface area contributed by atoms with Crippen LogP contribution in [0.25, 0.3) is 0 Å². The van der Waals surface area contributed by atoms with Crippen LogP contribution in [0, 0.1) is 0 Å². The van der Waals surface area contributed by atoms with Gasteiger partial charge in [0.1, 0.15) is 0 Å². The summed E-state index contributed by atoms with van der Waals surface area (Å²) in [6, 6.07) is 4.44. The van der Waals surface area contributed by atoms with Crippen molar-refractivity contribution in [3.8, 4) is 0 Å². The first-order valence-electron chi connectivity index (χ1n) is 7.93. The molecule has 0 aromatic heterocycles. The molecule has 1 fully saturated rings. The molecule has 1 aromatic carbocycles. The van der Waals surface area contributed by atoms with Crippen LogP contribution in [0.15, 0.2) is 12.1 Å². The zero-order valence-corrected chi connectivity index (χ0v) is 12.8. The zero-order valence-electron chi connectivity index (χ0n) is 12.8. The molecule has 3 rings (SSSR count). The molecule has 114 valence electrons. The van der Waals surface area contributed by atoms with Crippen molar-refractivity contribution in [3.63, 3.8) is 0 Å². The van der Waals surface area contributed by atoms with Crippen molar-refractivity contribution in [2.24, 2.45) is 0 Å². The molecule has 21 heavy (non-hydrogen) atoms. The first-order valence-corrected chi connectivity index (χ1v) is 7.93. The van der Waals surface area contributed by atoms with E-state index < -0.39 is 5.97 Å². The number of carboxylic acid groups (broad SMARTS) is 1. The predicted octanol–water partition coefficient (Wildman–Crippen LogP) is 1.94. The van der Waals surface area contributed by atoms with Gasteiger partial charge in [0.2, 0.25) is 0 Å². The molecule has 0 spiro atoms. The van der Waals surface area contributed by atoms with Crippen molar-refractivity contribution in [2.45, 2.75) is 32.1 Å². The van der Waals surface area contributed by atoms with Crippen LogP contribution in [0.2, 0.25) is 0 Å². The van der Waals surface area contributed by atoms with Crippen LogP contribution in [-0.2, 0) is 24.1 Å². The van der Waals surface area contributed by atoms with Crippen molar-refractivity contribution < 1.29 is 9.90 Å². The Hall–Kier alpha value is -1.55. The van der Waals surface area contributed by atoms with E-state index in [4.69, 9.17) is 0 Å². The summed E-state index contributed by atoms with van der Waals surface area (Å²) in [7, 11) is 2.15. The number of nitrogens with zero attached hydrogens (tertiary/aromatic N) is 2. The number of rotatable bonds is 3. The van der Waals surface area contributed by atoms with Crippen LogP contribution in [0.3, 0.4) is 0 Å². The first kappa shape index (κ1) is 14.4. The number of hydrogen-bond acceptors (Lipinski definition) is 3. The number of aryl methyl sites for hydroxylation is 1. The molecule has 0 atom stereocenters. The molecule has 1 aliphatic heterocycles. The van der Waals surface area contributed by atoms with E-state index in [1.807, 2.05) is 0 Å². The molecule has 1 saturated heterocycles. The molecule has 0 unspecified atom stereocenters. The Bertz CT molecular complexity index is 534. The average Bonchev–Trinajstić information content (AvgIpc) is 2.47. The van der Waals surface area contributed by atoms with Gasteiger partial charge in [-0.3, -0.25) is 4.79 Å². The Balaban J connectivity index is 1.91. The van der Waals surface area contributed by atoms with Gasteiger partial charge in [-0.15, -0.1) is 0 Å². The number of piperazine rings is 1. The molecular weight excluding hydrogens is 264 g/mol. The lowest BCUT2D eigenvalue weighted by Gasteiger charge is -2.35. The minimum Gasteiger partial charge on any atom is -0.481 e. The van der Waals surface area contributed by atoms with Crippen LogP contribution < -0.4 is 4.90 Å². The number of likely N-dealkylation sites (N-methyl/N-ethyl adjacent to an activating group) is 1. The number of anilines is 1. The van der Waals surface area contributed by atoms with Crippen molar-refractivity contribution in [2.75, 3.05) is 38.1 Å². The fourth-order valence-electron chi connectivity index (χ4n) is 3.51. The Morgan fingerprint density at radius 3 is 2.57 bits per heavy atom. The van der Waals surface area contributed by atoms with Gasteiger partial charge in [0.15, 0.2) is 0 Å². The van der Waals surface area contributed by atoms with E-state index >= 15 is 0 Å². The lowest BCUT2D eigenvalue weighted by atomic mass is 9.86. The summed E-state index contributed by atoms with van der Waals surface area (Å²) >= 11 is 0. The predicted molar refractivity (Wildman–Crippen MR) is 84.1 cm³/mol. The highest BCUT2D eigenvalue weighted by Gasteiger charge is 2.20. The summed E-state index contributed by atoms with van der Waals surface area (Å²) in [6.45, 7) is 4.21. The van der Waals surface area contributed by atoms with E-state index in [-0.39, 0.29) is 6.42 Å². The van der Waals surface area contributed by atoms with Gasteiger partial charge in [0.25, 0.3) is 0 Å². The van der Waals surface area contributed by atoms with E-state index in [1.54, 1.807) is 0 Å². The van der Waals surface area contributed by atoms with Gasteiger partial charge in [0.05, 0.1) is 6.42 Å². The molecule has 4 heteroatoms. The largest absolute Gasteiger partial charge is 0.481 e. The topological polar surface area (TPSA) is 43.8 Å². The molecule has 2 aliphatic rings. The van der Waals surface area contributed by atoms with Crippen molar-refractivity contribution in [1.82, 2.24) is 4.90 Å². The standard InChI is InChI=1S/C17H24N2O2/c1-18-6-8-19(9-7-18)15-10-13-4-2-3-5-16(13)14(11-15)12-17(20)21/h10-11H,2-9,12H2,1H3,(H,20,21). The molecule has 1 N–H and O–H groups in total. The van der Waals surface area contributed by atoms with E-state index in [1.165, 1.54) is 29.7 Å². The van der Waals surface area contributed by atoms with E-state index in [0.29, 0.717) is 0 Å². The number of carboxylic acids is 1. The van der Waals surface area contributed by atoms with Crippen LogP contribution in [0.1, 0.15) is 29.5 Å². The monoisotopic (exact) mass is 288 g/mol. The molecule has 1 aromatic rings. The number of aliphatic carboxylic acids is 1. The zero-order chi connectivity index (χ0) is 14.8. The summed E-state index contributed by atoms with van der Waals surface area (Å²) in [5.41, 5.74) is 4.95. The van der Waals surface area contributed by atoms with E-state index in [2.05, 4.69) is 29.0 Å². The highest BCUT2D eigenvalue weighted by molar-refractivity contribution is 5.72. The maximum Gasteiger partial charge on any atom is 0.307 e. The Morgan fingerprint density at radius 1 is 1.14 bits per heavy atom. The van der Waals surface area contributed by atoms with Crippen LogP contribution in [0.5, 0.6) is 0 Å². The van der Waals surface area contributed by atoms with Gasteiger partial charge >= 0.3 is 5.97 Å². The summed E-state index contributed by atoms with van der Waals surface area (Å²) in [5.74, 6) is -0.724. The maximum atomic E-state index is 11.2. The van der Waals surface area contributed by atoms with Crippen molar-refractivity contribution in [1.29, 1.82) is 0 Å². The second-order valence-electron chi connectivity index (χ2n) is 6.31. The van der Waals surface area contributed by atoms with Gasteiger partial charge in [0, 0.05) is 31.9 Å². The fraction of sp³-hybridized carbons (Fsp3) is 0.588. The molecular formula is C17H24N2O2. The molecule has 0 amide bonds. The second-order valence-corrected chi connectivity index (χ2v) is 6.31. The number of hydrogen-bond donors (Lipinski definition) is 1. The average molecular weight is 288 g/mol. The Kier molecular flexibility index (Phi) is 4.15. The Morgan fingerprint density at radius 2 is 1.86 bits per heavy atom. The smallest absolute Gasteiger partial charge is 0.307 e. The third kappa shape index (κ3) is 3.21. The van der Waals surface area contributed by atoms with Gasteiger partial charge in [-0.05, 0) is 61.6 Å². The summed E-state index contributed by atoms with van der Waals surface area (Å²) in [4.78, 5) is 15.9. The van der Waals surface area contributed by atoms with Crippen LogP contribution in [-0.4, -0.2) is 49.2 Å². The maximum absolute atomic E-state index is 11.2. The lowest BCUT2D eigenvalue weighted by molar-refractivity contribution is -0.136. The molecule has 1 aliphatic carbocycles. The Labute approximate surface area is 126 Å². The summed E-state index contributed by atoms with van der Waals surface area (Å²) < 4.78 is 0. The molecule has 0 bridgehead atoms. The minimum absolute atomic E-state index is 0.157. The number of carbonyl (C=O) groups is 1. The highest BCUT2D eigenvalue weighted by atomic mass is 16.4. The third-order valence-corrected chi connectivity index (χ3v) is 4.75. The summed E-state index contributed by atoms with van der Waals surface area (Å²) in [6.07, 6.45) is 4.72. The number of benzene rings is 1. The third-order valence-electron chi connectivity index (χ3n) is 4.75. The van der Waals surface area contributed by atoms with E-state index in [0.717, 1.165) is 44.6 Å². The second kappa shape index (κ2) is 6.06. The molecule has 1 heterocycles. The van der Waals surface area contributed by atoms with Gasteiger partial charge in [-0.1, -0.05) is 0 Å². The van der Waals surface area contributed by atoms with Crippen LogP contribution in [0.4, 0.5) is 5.69 Å². The van der Waals surface area contributed by atoms with Gasteiger partial charge in [-0.2, -0.15) is 0 Å². The van der Waals surface area contributed by atoms with Gasteiger partial charge < -0.3 is 14.9 Å². The normalized spacial score (nSPS) is 19.4. The SMILES string of the molecule is CN1CCN(c2cc3c(c(CC(=O)O)c2)CCCC3)CC1. The van der Waals surface area contributed by atoms with Gasteiger partial charge in [-0.25, -0.2) is 0 Å². The molecule has 4 nitrogen and oxygen atoms in total. The van der Waals surface area contributed by atoms with E-state index in [9.17, 15) is 9.90 Å². The minimum atomic E-state index is -0.724. The molecule has 0 saturated carbocycles. The highest BCUT2D eigenvalue weighted by Crippen LogP contribution is 2.30. The van der Waals surface area contributed by atoms with Crippen molar-refractivity contribution in [3.05, 3.63) is 28.8 Å². The first-order chi connectivity index (χ1) is 10.1. The number of fused-ring (bicyclic) bond motifs is 1. The van der Waals surface area contributed by atoms with Crippen LogP contribution >= 0.6 is 0 Å². The lowest BCUT2D eigenvalue weighted by Crippen LogP contribution is -2.44.